The van der Waals surface area contributed by atoms with E-state index in [1.165, 1.54) is 4.57 Å². The summed E-state index contributed by atoms with van der Waals surface area (Å²) in [6.45, 7) is 0.169. The molecule has 0 atom stereocenters. The van der Waals surface area contributed by atoms with E-state index in [0.29, 0.717) is 5.56 Å². The summed E-state index contributed by atoms with van der Waals surface area (Å²) in [5, 5.41) is 2.36. The van der Waals surface area contributed by atoms with Gasteiger partial charge in [0.2, 0.25) is 0 Å². The van der Waals surface area contributed by atoms with Crippen LogP contribution < -0.4 is 16.6 Å². The monoisotopic (exact) mass is 181 g/mol. The smallest absolute Gasteiger partial charge is 0.312 e. The first-order valence-corrected chi connectivity index (χ1v) is 3.79. The quantitative estimate of drug-likeness (QED) is 0.648. The molecule has 0 aliphatic heterocycles. The number of amides is 2. The Morgan fingerprint density at radius 1 is 1.69 bits per heavy atom. The number of nitrogens with one attached hydrogen (secondary N) is 1. The number of pyridine rings is 1. The fourth-order valence-electron chi connectivity index (χ4n) is 0.971. The van der Waals surface area contributed by atoms with Gasteiger partial charge in [-0.3, -0.25) is 4.79 Å². The van der Waals surface area contributed by atoms with Gasteiger partial charge in [0.05, 0.1) is 0 Å². The molecule has 2 amide bonds. The van der Waals surface area contributed by atoms with E-state index >= 15 is 0 Å². The second-order valence-electron chi connectivity index (χ2n) is 2.67. The molecule has 0 aliphatic carbocycles. The van der Waals surface area contributed by atoms with Crippen LogP contribution >= 0.6 is 0 Å². The van der Waals surface area contributed by atoms with Crippen LogP contribution in [-0.4, -0.2) is 10.6 Å². The standard InChI is InChI=1S/C8H11N3O2/c1-11-4-2-3-6(7(11)12)5-10-8(9)13/h2-4H,5H2,1H3,(H3,9,10,13). The summed E-state index contributed by atoms with van der Waals surface area (Å²) in [5.41, 5.74) is 5.26. The van der Waals surface area contributed by atoms with Crippen molar-refractivity contribution in [2.24, 2.45) is 12.8 Å². The lowest BCUT2D eigenvalue weighted by atomic mass is 10.3. The lowest BCUT2D eigenvalue weighted by Gasteiger charge is -2.02. The minimum atomic E-state index is -0.633. The van der Waals surface area contributed by atoms with Crippen molar-refractivity contribution in [1.82, 2.24) is 9.88 Å². The average Bonchev–Trinajstić information content (AvgIpc) is 2.07. The van der Waals surface area contributed by atoms with Crippen LogP contribution in [0.25, 0.3) is 0 Å². The van der Waals surface area contributed by atoms with Crippen molar-refractivity contribution in [2.45, 2.75) is 6.54 Å². The van der Waals surface area contributed by atoms with Gasteiger partial charge >= 0.3 is 6.03 Å². The largest absolute Gasteiger partial charge is 0.352 e. The highest BCUT2D eigenvalue weighted by atomic mass is 16.2. The molecule has 0 saturated carbocycles. The number of aryl methyl sites for hydroxylation is 1. The van der Waals surface area contributed by atoms with Gasteiger partial charge in [0.1, 0.15) is 0 Å². The second kappa shape index (κ2) is 3.75. The van der Waals surface area contributed by atoms with E-state index < -0.39 is 6.03 Å². The van der Waals surface area contributed by atoms with E-state index in [1.54, 1.807) is 25.4 Å². The molecule has 0 fully saturated rings. The fourth-order valence-corrected chi connectivity index (χ4v) is 0.971. The molecular formula is C8H11N3O2. The lowest BCUT2D eigenvalue weighted by molar-refractivity contribution is 0.248. The summed E-state index contributed by atoms with van der Waals surface area (Å²) in [5.74, 6) is 0. The van der Waals surface area contributed by atoms with E-state index in [4.69, 9.17) is 5.73 Å². The number of urea groups is 1. The third-order valence-corrected chi connectivity index (χ3v) is 1.66. The van der Waals surface area contributed by atoms with Crippen molar-refractivity contribution < 1.29 is 4.79 Å². The maximum absolute atomic E-state index is 11.4. The van der Waals surface area contributed by atoms with Crippen LogP contribution in [0.3, 0.4) is 0 Å². The molecule has 70 valence electrons. The molecule has 3 N–H and O–H groups in total. The number of nitrogens with two attached hydrogens (primary N) is 1. The Kier molecular flexibility index (Phi) is 2.69. The normalized spacial score (nSPS) is 9.62. The van der Waals surface area contributed by atoms with Crippen molar-refractivity contribution in [2.75, 3.05) is 0 Å². The molecule has 0 aliphatic rings. The van der Waals surface area contributed by atoms with Crippen LogP contribution in [-0.2, 0) is 13.6 Å². The zero-order valence-electron chi connectivity index (χ0n) is 7.28. The van der Waals surface area contributed by atoms with Gasteiger partial charge in [-0.05, 0) is 6.07 Å². The number of carbonyl (C=O) groups excluding carboxylic acids is 1. The SMILES string of the molecule is Cn1cccc(CNC(N)=O)c1=O. The molecule has 0 spiro atoms. The first-order valence-electron chi connectivity index (χ1n) is 3.79. The van der Waals surface area contributed by atoms with Crippen LogP contribution in [0.5, 0.6) is 0 Å². The van der Waals surface area contributed by atoms with Crippen LogP contribution in [0.2, 0.25) is 0 Å². The Hall–Kier alpha value is -1.78. The third kappa shape index (κ3) is 2.33. The van der Waals surface area contributed by atoms with Gasteiger partial charge in [0.15, 0.2) is 0 Å². The number of carbonyl (C=O) groups is 1. The number of hydrogen-bond acceptors (Lipinski definition) is 2. The lowest BCUT2D eigenvalue weighted by Crippen LogP contribution is -2.32. The van der Waals surface area contributed by atoms with Gasteiger partial charge in [-0.2, -0.15) is 0 Å². The molecule has 13 heavy (non-hydrogen) atoms. The summed E-state index contributed by atoms with van der Waals surface area (Å²) in [7, 11) is 1.65. The molecule has 0 bridgehead atoms. The van der Waals surface area contributed by atoms with Gasteiger partial charge in [0, 0.05) is 25.4 Å². The molecular weight excluding hydrogens is 170 g/mol. The Bertz CT molecular complexity index is 370. The number of rotatable bonds is 2. The van der Waals surface area contributed by atoms with Gasteiger partial charge in [0.25, 0.3) is 5.56 Å². The van der Waals surface area contributed by atoms with Crippen LogP contribution in [0, 0.1) is 0 Å². The van der Waals surface area contributed by atoms with Gasteiger partial charge < -0.3 is 15.6 Å². The summed E-state index contributed by atoms with van der Waals surface area (Å²) in [4.78, 5) is 21.7. The molecule has 0 aromatic carbocycles. The van der Waals surface area contributed by atoms with E-state index in [-0.39, 0.29) is 12.1 Å². The summed E-state index contributed by atoms with van der Waals surface area (Å²) >= 11 is 0. The third-order valence-electron chi connectivity index (χ3n) is 1.66. The first-order chi connectivity index (χ1) is 6.11. The molecule has 0 saturated heterocycles. The molecule has 1 aromatic rings. The van der Waals surface area contributed by atoms with Crippen molar-refractivity contribution in [3.05, 3.63) is 34.2 Å². The van der Waals surface area contributed by atoms with Crippen LogP contribution in [0.15, 0.2) is 23.1 Å². The van der Waals surface area contributed by atoms with Gasteiger partial charge in [-0.1, -0.05) is 6.07 Å². The van der Waals surface area contributed by atoms with Crippen LogP contribution in [0.1, 0.15) is 5.56 Å². The Labute approximate surface area is 75.2 Å². The number of primary amides is 1. The van der Waals surface area contributed by atoms with Crippen molar-refractivity contribution in [1.29, 1.82) is 0 Å². The van der Waals surface area contributed by atoms with Crippen molar-refractivity contribution in [3.63, 3.8) is 0 Å². The second-order valence-corrected chi connectivity index (χ2v) is 2.67. The van der Waals surface area contributed by atoms with Crippen molar-refractivity contribution in [3.8, 4) is 0 Å². The summed E-state index contributed by atoms with van der Waals surface area (Å²) < 4.78 is 1.44. The zero-order valence-corrected chi connectivity index (χ0v) is 7.28. The Morgan fingerprint density at radius 2 is 2.38 bits per heavy atom. The van der Waals surface area contributed by atoms with E-state index in [0.717, 1.165) is 0 Å². The molecule has 1 rings (SSSR count). The number of hydrogen-bond donors (Lipinski definition) is 2. The van der Waals surface area contributed by atoms with Crippen molar-refractivity contribution >= 4 is 6.03 Å². The summed E-state index contributed by atoms with van der Waals surface area (Å²) in [6, 6.07) is 2.75. The molecule has 5 heteroatoms. The predicted octanol–water partition coefficient (Wildman–Crippen LogP) is -0.446. The number of nitrogens with zero attached hydrogens (tertiary/aromatic N) is 1. The highest BCUT2D eigenvalue weighted by molar-refractivity contribution is 5.71. The molecule has 5 nitrogen and oxygen atoms in total. The Balaban J connectivity index is 2.84. The minimum absolute atomic E-state index is 0.128. The van der Waals surface area contributed by atoms with Gasteiger partial charge in [-0.15, -0.1) is 0 Å². The molecule has 0 unspecified atom stereocenters. The van der Waals surface area contributed by atoms with E-state index in [1.807, 2.05) is 0 Å². The molecule has 1 aromatic heterocycles. The van der Waals surface area contributed by atoms with E-state index in [2.05, 4.69) is 5.32 Å². The summed E-state index contributed by atoms with van der Waals surface area (Å²) in [6.07, 6.45) is 1.65. The first kappa shape index (κ1) is 9.31. The minimum Gasteiger partial charge on any atom is -0.352 e. The highest BCUT2D eigenvalue weighted by Gasteiger charge is 2.00. The predicted molar refractivity (Wildman–Crippen MR) is 48.1 cm³/mol. The highest BCUT2D eigenvalue weighted by Crippen LogP contribution is 1.89. The average molecular weight is 181 g/mol. The van der Waals surface area contributed by atoms with Gasteiger partial charge in [-0.25, -0.2) is 4.79 Å². The molecule has 1 heterocycles. The van der Waals surface area contributed by atoms with Crippen LogP contribution in [0.4, 0.5) is 4.79 Å². The molecule has 0 radical (unpaired) electrons. The maximum atomic E-state index is 11.4. The van der Waals surface area contributed by atoms with E-state index in [9.17, 15) is 9.59 Å². The number of aromatic nitrogens is 1. The maximum Gasteiger partial charge on any atom is 0.312 e. The fraction of sp³-hybridized carbons (Fsp3) is 0.250. The topological polar surface area (TPSA) is 77.1 Å². The Morgan fingerprint density at radius 3 is 3.00 bits per heavy atom. The zero-order chi connectivity index (χ0) is 9.84.